The Morgan fingerprint density at radius 3 is 2.41 bits per heavy atom. The molecule has 2 aromatic carbocycles. The van der Waals surface area contributed by atoms with Crippen LogP contribution in [0.25, 0.3) is 0 Å². The van der Waals surface area contributed by atoms with Gasteiger partial charge in [0.25, 0.3) is 0 Å². The second kappa shape index (κ2) is 6.77. The Morgan fingerprint density at radius 2 is 1.78 bits per heavy atom. The van der Waals surface area contributed by atoms with Crippen LogP contribution in [0.2, 0.25) is 0 Å². The van der Waals surface area contributed by atoms with E-state index in [0.29, 0.717) is 17.7 Å². The van der Waals surface area contributed by atoms with Crippen LogP contribution >= 0.6 is 0 Å². The van der Waals surface area contributed by atoms with Crippen molar-refractivity contribution in [3.05, 3.63) is 58.7 Å². The zero-order valence-corrected chi connectivity index (χ0v) is 17.1. The summed E-state index contributed by atoms with van der Waals surface area (Å²) in [6.07, 6.45) is 0.447. The van der Waals surface area contributed by atoms with Gasteiger partial charge in [0, 0.05) is 17.0 Å². The van der Waals surface area contributed by atoms with Gasteiger partial charge in [-0.3, -0.25) is 4.79 Å². The molecular weight excluding hydrogens is 362 g/mol. The smallest absolute Gasteiger partial charge is 0.240 e. The second-order valence-corrected chi connectivity index (χ2v) is 9.41. The fourth-order valence-electron chi connectivity index (χ4n) is 3.38. The molecular formula is C21H25NO4S. The molecule has 27 heavy (non-hydrogen) atoms. The van der Waals surface area contributed by atoms with Gasteiger partial charge in [0.1, 0.15) is 5.75 Å². The number of ketones is 1. The molecule has 6 heteroatoms. The SMILES string of the molecule is COc1ccc2c(c1)C(=O)C(C)(C)C(NS(=O)(=O)c1ccc(C)c(C)c1)C2. The number of methoxy groups -OCH3 is 1. The van der Waals surface area contributed by atoms with Gasteiger partial charge < -0.3 is 4.74 Å². The molecule has 0 saturated carbocycles. The van der Waals surface area contributed by atoms with E-state index in [9.17, 15) is 13.2 Å². The van der Waals surface area contributed by atoms with Crippen molar-refractivity contribution < 1.29 is 17.9 Å². The highest BCUT2D eigenvalue weighted by Crippen LogP contribution is 2.37. The van der Waals surface area contributed by atoms with Gasteiger partial charge in [0.15, 0.2) is 5.78 Å². The Bertz CT molecular complexity index is 1010. The molecule has 0 spiro atoms. The summed E-state index contributed by atoms with van der Waals surface area (Å²) in [4.78, 5) is 13.3. The highest BCUT2D eigenvalue weighted by molar-refractivity contribution is 7.89. The zero-order valence-electron chi connectivity index (χ0n) is 16.3. The van der Waals surface area contributed by atoms with E-state index in [1.807, 2.05) is 19.9 Å². The van der Waals surface area contributed by atoms with E-state index in [1.165, 1.54) is 0 Å². The number of hydrogen-bond acceptors (Lipinski definition) is 4. The molecule has 0 aromatic heterocycles. The fraction of sp³-hybridized carbons (Fsp3) is 0.381. The van der Waals surface area contributed by atoms with Crippen molar-refractivity contribution in [1.82, 2.24) is 4.72 Å². The van der Waals surface area contributed by atoms with Crippen LogP contribution in [0.5, 0.6) is 5.75 Å². The van der Waals surface area contributed by atoms with Gasteiger partial charge in [-0.1, -0.05) is 26.0 Å². The number of carbonyl (C=O) groups is 1. The maximum absolute atomic E-state index is 13.0. The molecule has 1 unspecified atom stereocenters. The van der Waals surface area contributed by atoms with Gasteiger partial charge >= 0.3 is 0 Å². The summed E-state index contributed by atoms with van der Waals surface area (Å²) < 4.78 is 33.8. The monoisotopic (exact) mass is 387 g/mol. The Balaban J connectivity index is 1.96. The van der Waals surface area contributed by atoms with Gasteiger partial charge in [-0.25, -0.2) is 13.1 Å². The Kier molecular flexibility index (Phi) is 4.91. The number of aryl methyl sites for hydroxylation is 2. The molecule has 1 aliphatic carbocycles. The third-order valence-electron chi connectivity index (χ3n) is 5.53. The van der Waals surface area contributed by atoms with Crippen molar-refractivity contribution in [2.45, 2.75) is 45.1 Å². The van der Waals surface area contributed by atoms with Gasteiger partial charge in [-0.2, -0.15) is 0 Å². The molecule has 1 atom stereocenters. The molecule has 1 N–H and O–H groups in total. The molecule has 2 aromatic rings. The average Bonchev–Trinajstić information content (AvgIpc) is 2.61. The minimum atomic E-state index is -3.74. The van der Waals surface area contributed by atoms with Crippen molar-refractivity contribution in [3.8, 4) is 5.75 Å². The van der Waals surface area contributed by atoms with Crippen LogP contribution in [-0.2, 0) is 16.4 Å². The van der Waals surface area contributed by atoms with Gasteiger partial charge in [0.05, 0.1) is 12.0 Å². The van der Waals surface area contributed by atoms with E-state index >= 15 is 0 Å². The molecule has 0 bridgehead atoms. The lowest BCUT2D eigenvalue weighted by Gasteiger charge is -2.38. The quantitative estimate of drug-likeness (QED) is 0.872. The van der Waals surface area contributed by atoms with Crippen molar-refractivity contribution in [1.29, 1.82) is 0 Å². The molecule has 0 saturated heterocycles. The third kappa shape index (κ3) is 3.51. The first-order chi connectivity index (χ1) is 12.6. The van der Waals surface area contributed by atoms with Crippen LogP contribution in [0.4, 0.5) is 0 Å². The van der Waals surface area contributed by atoms with Crippen molar-refractivity contribution >= 4 is 15.8 Å². The molecule has 0 amide bonds. The number of Topliss-reactive ketones (excluding diaryl/α,β-unsaturated/α-hetero) is 1. The first kappa shape index (κ1) is 19.6. The van der Waals surface area contributed by atoms with Crippen LogP contribution in [0.3, 0.4) is 0 Å². The second-order valence-electron chi connectivity index (χ2n) is 7.70. The largest absolute Gasteiger partial charge is 0.497 e. The summed E-state index contributed by atoms with van der Waals surface area (Å²) in [6, 6.07) is 9.88. The van der Waals surface area contributed by atoms with Crippen molar-refractivity contribution in [2.75, 3.05) is 7.11 Å². The lowest BCUT2D eigenvalue weighted by atomic mass is 9.70. The standard InChI is InChI=1S/C21H25NO4S/c1-13-6-9-17(10-14(13)2)27(24,25)22-19-11-15-7-8-16(26-5)12-18(15)20(23)21(19,3)4/h6-10,12,19,22H,11H2,1-5H3. The average molecular weight is 388 g/mol. The van der Waals surface area contributed by atoms with Gasteiger partial charge in [0.2, 0.25) is 10.0 Å². The summed E-state index contributed by atoms with van der Waals surface area (Å²) in [5.74, 6) is 0.530. The fourth-order valence-corrected chi connectivity index (χ4v) is 4.85. The van der Waals surface area contributed by atoms with E-state index in [2.05, 4.69) is 4.72 Å². The molecule has 0 heterocycles. The first-order valence-electron chi connectivity index (χ1n) is 8.87. The number of rotatable bonds is 4. The zero-order chi connectivity index (χ0) is 20.0. The summed E-state index contributed by atoms with van der Waals surface area (Å²) >= 11 is 0. The predicted molar refractivity (Wildman–Crippen MR) is 105 cm³/mol. The summed E-state index contributed by atoms with van der Waals surface area (Å²) in [7, 11) is -2.18. The predicted octanol–water partition coefficient (Wildman–Crippen LogP) is 3.42. The van der Waals surface area contributed by atoms with Crippen LogP contribution in [0.15, 0.2) is 41.3 Å². The Labute approximate surface area is 160 Å². The van der Waals surface area contributed by atoms with Crippen LogP contribution in [0.1, 0.15) is 40.9 Å². The molecule has 144 valence electrons. The minimum Gasteiger partial charge on any atom is -0.497 e. The van der Waals surface area contributed by atoms with Crippen molar-refractivity contribution in [2.24, 2.45) is 5.41 Å². The van der Waals surface area contributed by atoms with E-state index in [4.69, 9.17) is 4.74 Å². The Morgan fingerprint density at radius 1 is 1.07 bits per heavy atom. The summed E-state index contributed by atoms with van der Waals surface area (Å²) in [6.45, 7) is 7.38. The minimum absolute atomic E-state index is 0.0876. The summed E-state index contributed by atoms with van der Waals surface area (Å²) in [5.41, 5.74) is 2.50. The van der Waals surface area contributed by atoms with Crippen LogP contribution < -0.4 is 9.46 Å². The number of fused-ring (bicyclic) bond motifs is 1. The Hall–Kier alpha value is -2.18. The van der Waals surface area contributed by atoms with E-state index in [-0.39, 0.29) is 10.7 Å². The van der Waals surface area contributed by atoms with E-state index < -0.39 is 21.5 Å². The van der Waals surface area contributed by atoms with Gasteiger partial charge in [-0.05, 0) is 61.2 Å². The number of sulfonamides is 1. The van der Waals surface area contributed by atoms with E-state index in [0.717, 1.165) is 16.7 Å². The normalized spacial score (nSPS) is 18.9. The lowest BCUT2D eigenvalue weighted by Crippen LogP contribution is -2.52. The number of carbonyl (C=O) groups excluding carboxylic acids is 1. The van der Waals surface area contributed by atoms with Crippen molar-refractivity contribution in [3.63, 3.8) is 0 Å². The molecule has 0 fully saturated rings. The highest BCUT2D eigenvalue weighted by Gasteiger charge is 2.44. The molecule has 5 nitrogen and oxygen atoms in total. The highest BCUT2D eigenvalue weighted by atomic mass is 32.2. The first-order valence-corrected chi connectivity index (χ1v) is 10.4. The molecule has 1 aliphatic rings. The van der Waals surface area contributed by atoms with Gasteiger partial charge in [-0.15, -0.1) is 0 Å². The maximum Gasteiger partial charge on any atom is 0.240 e. The molecule has 0 aliphatic heterocycles. The van der Waals surface area contributed by atoms with Crippen LogP contribution in [0, 0.1) is 19.3 Å². The molecule has 3 rings (SSSR count). The topological polar surface area (TPSA) is 72.5 Å². The number of benzene rings is 2. The van der Waals surface area contributed by atoms with Crippen LogP contribution in [-0.4, -0.2) is 27.4 Å². The number of hydrogen-bond donors (Lipinski definition) is 1. The number of ether oxygens (including phenoxy) is 1. The molecule has 0 radical (unpaired) electrons. The number of nitrogens with one attached hydrogen (secondary N) is 1. The summed E-state index contributed by atoms with van der Waals surface area (Å²) in [5, 5.41) is 0. The van der Waals surface area contributed by atoms with E-state index in [1.54, 1.807) is 51.3 Å². The third-order valence-corrected chi connectivity index (χ3v) is 7.00. The lowest BCUT2D eigenvalue weighted by molar-refractivity contribution is 0.0772. The maximum atomic E-state index is 13.0.